The maximum Gasteiger partial charge on any atom is 0.237 e. The van der Waals surface area contributed by atoms with Crippen molar-refractivity contribution < 1.29 is 9.53 Å². The van der Waals surface area contributed by atoms with Crippen LogP contribution in [0.4, 0.5) is 5.69 Å². The van der Waals surface area contributed by atoms with Gasteiger partial charge in [-0.3, -0.25) is 4.79 Å². The molecule has 6 heteroatoms. The number of carbonyl (C=O) groups is 1. The average molecular weight is 356 g/mol. The van der Waals surface area contributed by atoms with Crippen molar-refractivity contribution >= 4 is 46.6 Å². The van der Waals surface area contributed by atoms with E-state index in [1.54, 1.807) is 25.3 Å². The number of halogens is 2. The SMILES string of the molecule is COc1ccc(S[C@@H](C)C(=O)Nc2ccc(Cl)cc2Cl)cc1. The van der Waals surface area contributed by atoms with Gasteiger partial charge in [0, 0.05) is 9.92 Å². The smallest absolute Gasteiger partial charge is 0.237 e. The summed E-state index contributed by atoms with van der Waals surface area (Å²) in [6.45, 7) is 1.84. The molecule has 0 fully saturated rings. The summed E-state index contributed by atoms with van der Waals surface area (Å²) in [5.41, 5.74) is 0.554. The van der Waals surface area contributed by atoms with Gasteiger partial charge in [0.1, 0.15) is 5.75 Å². The van der Waals surface area contributed by atoms with Gasteiger partial charge < -0.3 is 10.1 Å². The third-order valence-corrected chi connectivity index (χ3v) is 4.59. The van der Waals surface area contributed by atoms with Gasteiger partial charge in [-0.15, -0.1) is 11.8 Å². The molecule has 2 aromatic rings. The molecule has 1 atom stereocenters. The summed E-state index contributed by atoms with van der Waals surface area (Å²) in [6, 6.07) is 12.5. The van der Waals surface area contributed by atoms with E-state index < -0.39 is 0 Å². The van der Waals surface area contributed by atoms with Gasteiger partial charge in [-0.2, -0.15) is 0 Å². The van der Waals surface area contributed by atoms with E-state index >= 15 is 0 Å². The van der Waals surface area contributed by atoms with Crippen LogP contribution in [0, 0.1) is 0 Å². The molecule has 0 radical (unpaired) electrons. The second-order valence-corrected chi connectivity index (χ2v) is 6.81. The number of benzene rings is 2. The standard InChI is InChI=1S/C16H15Cl2NO2S/c1-10(22-13-6-4-12(21-2)5-7-13)16(20)19-15-8-3-11(17)9-14(15)18/h3-10H,1-2H3,(H,19,20)/t10-/m0/s1. The number of thioether (sulfide) groups is 1. The van der Waals surface area contributed by atoms with Crippen molar-refractivity contribution in [2.24, 2.45) is 0 Å². The number of carbonyl (C=O) groups excluding carboxylic acids is 1. The summed E-state index contributed by atoms with van der Waals surface area (Å²) in [7, 11) is 1.62. The molecule has 0 spiro atoms. The maximum atomic E-state index is 12.2. The lowest BCUT2D eigenvalue weighted by atomic mass is 10.3. The highest BCUT2D eigenvalue weighted by molar-refractivity contribution is 8.00. The van der Waals surface area contributed by atoms with Crippen molar-refractivity contribution in [2.45, 2.75) is 17.1 Å². The molecule has 2 aromatic carbocycles. The molecule has 0 saturated heterocycles. The van der Waals surface area contributed by atoms with Crippen molar-refractivity contribution in [3.63, 3.8) is 0 Å². The lowest BCUT2D eigenvalue weighted by Crippen LogP contribution is -2.22. The van der Waals surface area contributed by atoms with Gasteiger partial charge in [0.15, 0.2) is 0 Å². The van der Waals surface area contributed by atoms with Gasteiger partial charge in [0.25, 0.3) is 0 Å². The molecular weight excluding hydrogens is 341 g/mol. The Bertz CT molecular complexity index is 662. The Morgan fingerprint density at radius 1 is 1.18 bits per heavy atom. The van der Waals surface area contributed by atoms with Crippen LogP contribution in [0.1, 0.15) is 6.92 Å². The molecule has 0 aliphatic heterocycles. The summed E-state index contributed by atoms with van der Waals surface area (Å²) in [5.74, 6) is 0.666. The monoisotopic (exact) mass is 355 g/mol. The van der Waals surface area contributed by atoms with Crippen LogP contribution in [-0.4, -0.2) is 18.3 Å². The van der Waals surface area contributed by atoms with Crippen molar-refractivity contribution in [1.29, 1.82) is 0 Å². The maximum absolute atomic E-state index is 12.2. The molecule has 0 bridgehead atoms. The van der Waals surface area contributed by atoms with E-state index in [-0.39, 0.29) is 11.2 Å². The highest BCUT2D eigenvalue weighted by atomic mass is 35.5. The van der Waals surface area contributed by atoms with Crippen molar-refractivity contribution in [2.75, 3.05) is 12.4 Å². The van der Waals surface area contributed by atoms with E-state index in [1.165, 1.54) is 11.8 Å². The molecule has 2 rings (SSSR count). The topological polar surface area (TPSA) is 38.3 Å². The Balaban J connectivity index is 1.99. The predicted molar refractivity (Wildman–Crippen MR) is 93.4 cm³/mol. The molecule has 0 aliphatic carbocycles. The highest BCUT2D eigenvalue weighted by Crippen LogP contribution is 2.28. The number of rotatable bonds is 5. The van der Waals surface area contributed by atoms with Crippen LogP contribution in [-0.2, 0) is 4.79 Å². The number of nitrogens with one attached hydrogen (secondary N) is 1. The van der Waals surface area contributed by atoms with E-state index in [0.29, 0.717) is 15.7 Å². The van der Waals surface area contributed by atoms with E-state index in [0.717, 1.165) is 10.6 Å². The Kier molecular flexibility index (Phi) is 6.00. The van der Waals surface area contributed by atoms with Crippen molar-refractivity contribution in [3.8, 4) is 5.75 Å². The molecule has 0 unspecified atom stereocenters. The zero-order chi connectivity index (χ0) is 16.1. The largest absolute Gasteiger partial charge is 0.497 e. The molecule has 22 heavy (non-hydrogen) atoms. The first-order valence-corrected chi connectivity index (χ1v) is 8.20. The van der Waals surface area contributed by atoms with Crippen LogP contribution >= 0.6 is 35.0 Å². The lowest BCUT2D eigenvalue weighted by molar-refractivity contribution is -0.115. The Morgan fingerprint density at radius 3 is 2.45 bits per heavy atom. The van der Waals surface area contributed by atoms with E-state index in [4.69, 9.17) is 27.9 Å². The molecule has 3 nitrogen and oxygen atoms in total. The summed E-state index contributed by atoms with van der Waals surface area (Å²) in [4.78, 5) is 13.2. The minimum absolute atomic E-state index is 0.120. The van der Waals surface area contributed by atoms with Crippen molar-refractivity contribution in [3.05, 3.63) is 52.5 Å². The molecule has 1 N–H and O–H groups in total. The zero-order valence-electron chi connectivity index (χ0n) is 12.1. The zero-order valence-corrected chi connectivity index (χ0v) is 14.4. The minimum atomic E-state index is -0.264. The third kappa shape index (κ3) is 4.57. The van der Waals surface area contributed by atoms with Crippen LogP contribution < -0.4 is 10.1 Å². The number of anilines is 1. The lowest BCUT2D eigenvalue weighted by Gasteiger charge is -2.13. The molecular formula is C16H15Cl2NO2S. The van der Waals surface area contributed by atoms with Crippen molar-refractivity contribution in [1.82, 2.24) is 0 Å². The van der Waals surface area contributed by atoms with Crippen LogP contribution in [0.3, 0.4) is 0 Å². The first-order valence-electron chi connectivity index (χ1n) is 6.56. The second kappa shape index (κ2) is 7.77. The van der Waals surface area contributed by atoms with Gasteiger partial charge in [-0.05, 0) is 49.4 Å². The van der Waals surface area contributed by atoms with E-state index in [1.807, 2.05) is 31.2 Å². The fourth-order valence-electron chi connectivity index (χ4n) is 1.74. The van der Waals surface area contributed by atoms with Crippen LogP contribution in [0.25, 0.3) is 0 Å². The summed E-state index contributed by atoms with van der Waals surface area (Å²) >= 11 is 13.4. The Morgan fingerprint density at radius 2 is 1.86 bits per heavy atom. The van der Waals surface area contributed by atoms with Gasteiger partial charge in [0.05, 0.1) is 23.1 Å². The number of ether oxygens (including phenoxy) is 1. The molecule has 0 saturated carbocycles. The molecule has 0 aromatic heterocycles. The Labute approximate surface area is 144 Å². The van der Waals surface area contributed by atoms with Crippen LogP contribution in [0.15, 0.2) is 47.4 Å². The summed E-state index contributed by atoms with van der Waals surface area (Å²) in [6.07, 6.45) is 0. The van der Waals surface area contributed by atoms with Gasteiger partial charge in [-0.1, -0.05) is 23.2 Å². The number of amides is 1. The number of hydrogen-bond donors (Lipinski definition) is 1. The van der Waals surface area contributed by atoms with E-state index in [9.17, 15) is 4.79 Å². The first-order chi connectivity index (χ1) is 10.5. The molecule has 0 aliphatic rings. The third-order valence-electron chi connectivity index (χ3n) is 2.93. The molecule has 116 valence electrons. The fraction of sp³-hybridized carbons (Fsp3) is 0.188. The van der Waals surface area contributed by atoms with Crippen LogP contribution in [0.2, 0.25) is 10.0 Å². The normalized spacial score (nSPS) is 11.8. The highest BCUT2D eigenvalue weighted by Gasteiger charge is 2.16. The van der Waals surface area contributed by atoms with Crippen LogP contribution in [0.5, 0.6) is 5.75 Å². The number of hydrogen-bond acceptors (Lipinski definition) is 3. The summed E-state index contributed by atoms with van der Waals surface area (Å²) < 4.78 is 5.11. The van der Waals surface area contributed by atoms with Gasteiger partial charge in [0.2, 0.25) is 5.91 Å². The second-order valence-electron chi connectivity index (χ2n) is 4.55. The summed E-state index contributed by atoms with van der Waals surface area (Å²) in [5, 5.41) is 3.49. The molecule has 0 heterocycles. The Hall–Kier alpha value is -1.36. The number of methoxy groups -OCH3 is 1. The van der Waals surface area contributed by atoms with Gasteiger partial charge in [-0.25, -0.2) is 0 Å². The van der Waals surface area contributed by atoms with E-state index in [2.05, 4.69) is 5.32 Å². The quantitative estimate of drug-likeness (QED) is 0.756. The molecule has 1 amide bonds. The minimum Gasteiger partial charge on any atom is -0.497 e. The predicted octanol–water partition coefficient (Wildman–Crippen LogP) is 5.12. The van der Waals surface area contributed by atoms with Gasteiger partial charge >= 0.3 is 0 Å². The average Bonchev–Trinajstić information content (AvgIpc) is 2.50. The first kappa shape index (κ1) is 17.0. The fourth-order valence-corrected chi connectivity index (χ4v) is 3.06.